The third kappa shape index (κ3) is 3.04. The van der Waals surface area contributed by atoms with Crippen LogP contribution in [-0.2, 0) is 0 Å². The second-order valence-corrected chi connectivity index (χ2v) is 5.48. The molecule has 112 valence electrons. The monoisotopic (exact) mass is 315 g/mol. The van der Waals surface area contributed by atoms with Crippen LogP contribution in [0.3, 0.4) is 0 Å². The van der Waals surface area contributed by atoms with Gasteiger partial charge in [-0.2, -0.15) is 0 Å². The molecule has 0 spiro atoms. The number of likely N-dealkylation sites (N-methyl/N-ethyl adjacent to an activating group) is 1. The maximum absolute atomic E-state index is 8.41. The number of hydrogen-bond acceptors (Lipinski definition) is 1. The van der Waals surface area contributed by atoms with Crippen molar-refractivity contribution in [2.75, 3.05) is 23.9 Å². The lowest BCUT2D eigenvalue weighted by atomic mass is 10.1. The molecule has 1 N–H and O–H groups in total. The van der Waals surface area contributed by atoms with Gasteiger partial charge in [-0.3, -0.25) is 5.41 Å². The van der Waals surface area contributed by atoms with Crippen molar-refractivity contribution >= 4 is 35.7 Å². The Morgan fingerprint density at radius 2 is 1.90 bits per heavy atom. The maximum Gasteiger partial charge on any atom is 0.198 e. The van der Waals surface area contributed by atoms with Crippen LogP contribution in [0.15, 0.2) is 18.2 Å². The fourth-order valence-corrected chi connectivity index (χ4v) is 3.10. The Balaban J connectivity index is 0.00000200. The number of hydrogen-bond donors (Lipinski definition) is 1. The van der Waals surface area contributed by atoms with E-state index < -0.39 is 0 Å². The minimum atomic E-state index is 0. The topological polar surface area (TPSA) is 30.3 Å². The minimum absolute atomic E-state index is 0. The fourth-order valence-electron chi connectivity index (χ4n) is 2.85. The summed E-state index contributed by atoms with van der Waals surface area (Å²) < 4.78 is 0. The van der Waals surface area contributed by atoms with Gasteiger partial charge in [0.2, 0.25) is 0 Å². The molecule has 3 nitrogen and oxygen atoms in total. The molecule has 0 amide bonds. The molecule has 1 heterocycles. The lowest BCUT2D eigenvalue weighted by molar-refractivity contribution is 0.449. The molecule has 5 heteroatoms. The molecule has 1 saturated heterocycles. The number of benzene rings is 1. The van der Waals surface area contributed by atoms with Crippen molar-refractivity contribution in [3.8, 4) is 0 Å². The molecule has 0 saturated carbocycles. The van der Waals surface area contributed by atoms with Crippen molar-refractivity contribution in [3.05, 3.63) is 29.3 Å². The summed E-state index contributed by atoms with van der Waals surface area (Å²) in [6, 6.07) is 6.61. The van der Waals surface area contributed by atoms with Gasteiger partial charge in [-0.25, -0.2) is 0 Å². The molecule has 1 aromatic carbocycles. The van der Waals surface area contributed by atoms with Gasteiger partial charge in [0.1, 0.15) is 0 Å². The summed E-state index contributed by atoms with van der Waals surface area (Å²) in [5.74, 6) is 1.24. The standard InChI is InChI=1S/C15H22ClN3.ClH/c1-4-18-10-13(8-9-16)19(15(18)17)14-11(2)6-5-7-12(14)3;/h5-7,13,17H,4,8-10H2,1-3H3;1H. The summed E-state index contributed by atoms with van der Waals surface area (Å²) in [5, 5.41) is 8.41. The molecule has 1 unspecified atom stereocenters. The maximum atomic E-state index is 8.41. The second kappa shape index (κ2) is 7.19. The van der Waals surface area contributed by atoms with Crippen LogP contribution in [0, 0.1) is 19.3 Å². The zero-order valence-corrected chi connectivity index (χ0v) is 13.9. The van der Waals surface area contributed by atoms with E-state index in [4.69, 9.17) is 17.0 Å². The quantitative estimate of drug-likeness (QED) is 0.857. The zero-order valence-electron chi connectivity index (χ0n) is 12.3. The molecule has 2 rings (SSSR count). The molecule has 1 aromatic rings. The van der Waals surface area contributed by atoms with Crippen LogP contribution in [-0.4, -0.2) is 35.9 Å². The highest BCUT2D eigenvalue weighted by Crippen LogP contribution is 2.31. The van der Waals surface area contributed by atoms with E-state index in [1.165, 1.54) is 16.8 Å². The molecule has 0 radical (unpaired) electrons. The first kappa shape index (κ1) is 17.1. The Hall–Kier alpha value is -0.930. The number of nitrogens with one attached hydrogen (secondary N) is 1. The van der Waals surface area contributed by atoms with Crippen molar-refractivity contribution in [2.45, 2.75) is 33.2 Å². The highest BCUT2D eigenvalue weighted by molar-refractivity contribution is 6.18. The van der Waals surface area contributed by atoms with Gasteiger partial charge in [-0.15, -0.1) is 24.0 Å². The molecule has 0 bridgehead atoms. The van der Waals surface area contributed by atoms with Gasteiger partial charge >= 0.3 is 0 Å². The third-order valence-electron chi connectivity index (χ3n) is 3.83. The fraction of sp³-hybridized carbons (Fsp3) is 0.533. The van der Waals surface area contributed by atoms with Gasteiger partial charge in [0.15, 0.2) is 5.96 Å². The van der Waals surface area contributed by atoms with Crippen molar-refractivity contribution in [1.29, 1.82) is 5.41 Å². The third-order valence-corrected chi connectivity index (χ3v) is 4.05. The van der Waals surface area contributed by atoms with Gasteiger partial charge in [0.05, 0.1) is 6.04 Å². The Morgan fingerprint density at radius 1 is 1.30 bits per heavy atom. The van der Waals surface area contributed by atoms with E-state index in [-0.39, 0.29) is 12.4 Å². The summed E-state index contributed by atoms with van der Waals surface area (Å²) in [6.45, 7) is 8.10. The van der Waals surface area contributed by atoms with Crippen LogP contribution >= 0.6 is 24.0 Å². The molecule has 1 aliphatic rings. The molecule has 0 aromatic heterocycles. The first-order chi connectivity index (χ1) is 9.10. The Bertz CT molecular complexity index is 456. The minimum Gasteiger partial charge on any atom is -0.341 e. The summed E-state index contributed by atoms with van der Waals surface area (Å²) >= 11 is 5.94. The van der Waals surface area contributed by atoms with E-state index in [1.54, 1.807) is 0 Å². The molecule has 1 fully saturated rings. The van der Waals surface area contributed by atoms with Gasteiger partial charge in [0.25, 0.3) is 0 Å². The van der Waals surface area contributed by atoms with Crippen LogP contribution in [0.25, 0.3) is 0 Å². The van der Waals surface area contributed by atoms with Gasteiger partial charge in [-0.1, -0.05) is 18.2 Å². The molecular formula is C15H23Cl2N3. The second-order valence-electron chi connectivity index (χ2n) is 5.10. The van der Waals surface area contributed by atoms with Crippen LogP contribution < -0.4 is 4.90 Å². The largest absolute Gasteiger partial charge is 0.341 e. The highest BCUT2D eigenvalue weighted by Gasteiger charge is 2.35. The Labute approximate surface area is 132 Å². The molecule has 0 aliphatic carbocycles. The van der Waals surface area contributed by atoms with Crippen molar-refractivity contribution in [3.63, 3.8) is 0 Å². The van der Waals surface area contributed by atoms with Gasteiger partial charge in [0, 0.05) is 24.7 Å². The van der Waals surface area contributed by atoms with E-state index in [0.717, 1.165) is 19.5 Å². The lowest BCUT2D eigenvalue weighted by Gasteiger charge is -2.28. The first-order valence-electron chi connectivity index (χ1n) is 6.85. The molecule has 1 atom stereocenters. The number of rotatable bonds is 4. The van der Waals surface area contributed by atoms with E-state index in [0.29, 0.717) is 17.9 Å². The SMILES string of the molecule is CCN1CC(CCCl)N(c2c(C)cccc2C)C1=N.Cl. The summed E-state index contributed by atoms with van der Waals surface area (Å²) in [7, 11) is 0. The number of alkyl halides is 1. The zero-order chi connectivity index (χ0) is 14.0. The highest BCUT2D eigenvalue weighted by atomic mass is 35.5. The van der Waals surface area contributed by atoms with E-state index in [1.807, 2.05) is 0 Å². The van der Waals surface area contributed by atoms with Gasteiger partial charge in [-0.05, 0) is 38.3 Å². The summed E-state index contributed by atoms with van der Waals surface area (Å²) in [6.07, 6.45) is 0.911. The predicted octanol–water partition coefficient (Wildman–Crippen LogP) is 3.80. The van der Waals surface area contributed by atoms with Crippen molar-refractivity contribution < 1.29 is 0 Å². The average molecular weight is 316 g/mol. The van der Waals surface area contributed by atoms with Crippen LogP contribution in [0.2, 0.25) is 0 Å². The van der Waals surface area contributed by atoms with Gasteiger partial charge < -0.3 is 9.80 Å². The Morgan fingerprint density at radius 3 is 2.40 bits per heavy atom. The molecule has 20 heavy (non-hydrogen) atoms. The van der Waals surface area contributed by atoms with E-state index in [9.17, 15) is 0 Å². The average Bonchev–Trinajstić information content (AvgIpc) is 2.67. The van der Waals surface area contributed by atoms with Crippen LogP contribution in [0.1, 0.15) is 24.5 Å². The van der Waals surface area contributed by atoms with E-state index in [2.05, 4.69) is 48.8 Å². The summed E-state index contributed by atoms with van der Waals surface area (Å²) in [4.78, 5) is 4.28. The van der Waals surface area contributed by atoms with Crippen molar-refractivity contribution in [1.82, 2.24) is 4.90 Å². The normalized spacial score (nSPS) is 18.4. The number of anilines is 1. The number of aryl methyl sites for hydroxylation is 2. The predicted molar refractivity (Wildman–Crippen MR) is 89.7 cm³/mol. The first-order valence-corrected chi connectivity index (χ1v) is 7.38. The number of guanidine groups is 1. The number of nitrogens with zero attached hydrogens (tertiary/aromatic N) is 2. The summed E-state index contributed by atoms with van der Waals surface area (Å²) in [5.41, 5.74) is 3.63. The van der Waals surface area contributed by atoms with Crippen LogP contribution in [0.5, 0.6) is 0 Å². The lowest BCUT2D eigenvalue weighted by Crippen LogP contribution is -2.36. The number of para-hydroxylation sites is 1. The smallest absolute Gasteiger partial charge is 0.198 e. The van der Waals surface area contributed by atoms with Crippen LogP contribution in [0.4, 0.5) is 5.69 Å². The molecular weight excluding hydrogens is 293 g/mol. The van der Waals surface area contributed by atoms with E-state index >= 15 is 0 Å². The Kier molecular flexibility index (Phi) is 6.15. The number of halogens is 2. The van der Waals surface area contributed by atoms with Crippen molar-refractivity contribution in [2.24, 2.45) is 0 Å². The molecule has 1 aliphatic heterocycles.